The maximum Gasteiger partial charge on any atom is 0.119 e. The highest BCUT2D eigenvalue weighted by Gasteiger charge is 2.19. The first-order valence-electron chi connectivity index (χ1n) is 6.92. The Bertz CT molecular complexity index is 613. The topological polar surface area (TPSA) is 29.5 Å². The molecule has 0 spiro atoms. The van der Waals surface area contributed by atoms with Crippen LogP contribution in [0, 0.1) is 0 Å². The molecule has 21 heavy (non-hydrogen) atoms. The fraction of sp³-hybridized carbons (Fsp3) is 0.412. The summed E-state index contributed by atoms with van der Waals surface area (Å²) in [6, 6.07) is 9.97. The van der Waals surface area contributed by atoms with Gasteiger partial charge in [0.05, 0.1) is 13.2 Å². The maximum absolute atomic E-state index is 10.5. The van der Waals surface area contributed by atoms with Crippen molar-refractivity contribution in [3.63, 3.8) is 0 Å². The zero-order chi connectivity index (χ0) is 15.6. The number of halogens is 1. The molecule has 1 aromatic carbocycles. The number of rotatable bonds is 4. The largest absolute Gasteiger partial charge is 0.497 e. The molecule has 0 fully saturated rings. The van der Waals surface area contributed by atoms with E-state index in [0.29, 0.717) is 6.42 Å². The van der Waals surface area contributed by atoms with Crippen LogP contribution >= 0.6 is 27.3 Å². The number of methoxy groups -OCH3 is 1. The average molecular weight is 369 g/mol. The molecule has 0 saturated heterocycles. The Morgan fingerprint density at radius 3 is 2.52 bits per heavy atom. The van der Waals surface area contributed by atoms with Crippen molar-refractivity contribution in [2.45, 2.75) is 38.7 Å². The van der Waals surface area contributed by atoms with Gasteiger partial charge in [0, 0.05) is 20.6 Å². The monoisotopic (exact) mass is 368 g/mol. The summed E-state index contributed by atoms with van der Waals surface area (Å²) in [7, 11) is 1.65. The second-order valence-electron chi connectivity index (χ2n) is 6.13. The van der Waals surface area contributed by atoms with E-state index in [9.17, 15) is 5.11 Å². The predicted molar refractivity (Wildman–Crippen MR) is 92.4 cm³/mol. The summed E-state index contributed by atoms with van der Waals surface area (Å²) in [6.45, 7) is 6.56. The summed E-state index contributed by atoms with van der Waals surface area (Å²) in [4.78, 5) is 2.30. The van der Waals surface area contributed by atoms with E-state index in [0.717, 1.165) is 20.7 Å². The van der Waals surface area contributed by atoms with Gasteiger partial charge in [0.2, 0.25) is 0 Å². The summed E-state index contributed by atoms with van der Waals surface area (Å²) >= 11 is 5.22. The van der Waals surface area contributed by atoms with E-state index in [4.69, 9.17) is 4.74 Å². The van der Waals surface area contributed by atoms with Crippen LogP contribution in [0.4, 0.5) is 0 Å². The second-order valence-corrected chi connectivity index (χ2v) is 8.10. The molecule has 2 nitrogen and oxygen atoms in total. The minimum Gasteiger partial charge on any atom is -0.497 e. The second kappa shape index (κ2) is 6.51. The van der Waals surface area contributed by atoms with Crippen molar-refractivity contribution < 1.29 is 9.84 Å². The Hall–Kier alpha value is -0.840. The number of aliphatic hydroxyl groups excluding tert-OH is 1. The van der Waals surface area contributed by atoms with E-state index < -0.39 is 6.10 Å². The Morgan fingerprint density at radius 1 is 1.24 bits per heavy atom. The van der Waals surface area contributed by atoms with Crippen molar-refractivity contribution in [2.24, 2.45) is 0 Å². The number of hydrogen-bond acceptors (Lipinski definition) is 3. The van der Waals surface area contributed by atoms with Gasteiger partial charge in [-0.2, -0.15) is 0 Å². The Morgan fingerprint density at radius 2 is 1.95 bits per heavy atom. The third-order valence-corrected chi connectivity index (χ3v) is 5.75. The molecule has 0 saturated carbocycles. The van der Waals surface area contributed by atoms with E-state index in [1.807, 2.05) is 24.3 Å². The van der Waals surface area contributed by atoms with Gasteiger partial charge in [0.25, 0.3) is 0 Å². The van der Waals surface area contributed by atoms with Crippen LogP contribution in [0.3, 0.4) is 0 Å². The minimum atomic E-state index is -0.491. The molecular formula is C17H21BrO2S. The van der Waals surface area contributed by atoms with Crippen molar-refractivity contribution in [3.8, 4) is 5.75 Å². The van der Waals surface area contributed by atoms with Crippen molar-refractivity contribution in [1.82, 2.24) is 0 Å². The van der Waals surface area contributed by atoms with E-state index in [1.54, 1.807) is 18.4 Å². The number of aliphatic hydroxyl groups is 1. The van der Waals surface area contributed by atoms with Gasteiger partial charge < -0.3 is 9.84 Å². The van der Waals surface area contributed by atoms with Gasteiger partial charge in [-0.3, -0.25) is 0 Å². The summed E-state index contributed by atoms with van der Waals surface area (Å²) in [6.07, 6.45) is 0.0801. The molecule has 0 aliphatic rings. The van der Waals surface area contributed by atoms with Crippen molar-refractivity contribution in [3.05, 3.63) is 50.1 Å². The van der Waals surface area contributed by atoms with Gasteiger partial charge in [0.1, 0.15) is 5.75 Å². The van der Waals surface area contributed by atoms with Crippen LogP contribution in [0.2, 0.25) is 0 Å². The molecule has 2 aromatic rings. The molecule has 1 heterocycles. The summed E-state index contributed by atoms with van der Waals surface area (Å²) in [5, 5.41) is 10.5. The number of hydrogen-bond donors (Lipinski definition) is 1. The average Bonchev–Trinajstić information content (AvgIpc) is 2.91. The quantitative estimate of drug-likeness (QED) is 0.813. The van der Waals surface area contributed by atoms with Gasteiger partial charge in [-0.05, 0) is 41.3 Å². The molecule has 1 aromatic heterocycles. The number of ether oxygens (including phenoxy) is 1. The lowest BCUT2D eigenvalue weighted by molar-refractivity contribution is 0.182. The van der Waals surface area contributed by atoms with Gasteiger partial charge >= 0.3 is 0 Å². The first-order chi connectivity index (χ1) is 9.81. The third kappa shape index (κ3) is 4.09. The molecule has 0 radical (unpaired) electrons. The molecular weight excluding hydrogens is 348 g/mol. The number of thiophene rings is 1. The SMILES string of the molecule is COc1ccc(Br)c(CC(O)c2ccc(C(C)(C)C)s2)c1. The molecule has 0 amide bonds. The van der Waals surface area contributed by atoms with Gasteiger partial charge in [0.15, 0.2) is 0 Å². The highest BCUT2D eigenvalue weighted by atomic mass is 79.9. The Balaban J connectivity index is 2.18. The molecule has 4 heteroatoms. The fourth-order valence-corrected chi connectivity index (χ4v) is 3.54. The van der Waals surface area contributed by atoms with Crippen LogP contribution in [0.1, 0.15) is 42.2 Å². The van der Waals surface area contributed by atoms with Gasteiger partial charge in [-0.1, -0.05) is 36.7 Å². The summed E-state index contributed by atoms with van der Waals surface area (Å²) in [5.41, 5.74) is 1.17. The highest BCUT2D eigenvalue weighted by Crippen LogP contribution is 2.34. The third-order valence-electron chi connectivity index (χ3n) is 3.36. The minimum absolute atomic E-state index is 0.124. The smallest absolute Gasteiger partial charge is 0.119 e. The number of benzene rings is 1. The van der Waals surface area contributed by atoms with Crippen LogP contribution in [0.25, 0.3) is 0 Å². The fourth-order valence-electron chi connectivity index (χ4n) is 2.08. The van der Waals surface area contributed by atoms with Crippen molar-refractivity contribution in [2.75, 3.05) is 7.11 Å². The van der Waals surface area contributed by atoms with Gasteiger partial charge in [-0.25, -0.2) is 0 Å². The van der Waals surface area contributed by atoms with Crippen LogP contribution < -0.4 is 4.74 Å². The highest BCUT2D eigenvalue weighted by molar-refractivity contribution is 9.10. The lowest BCUT2D eigenvalue weighted by Gasteiger charge is -2.16. The normalized spacial score (nSPS) is 13.2. The van der Waals surface area contributed by atoms with Crippen LogP contribution in [-0.2, 0) is 11.8 Å². The zero-order valence-corrected chi connectivity index (χ0v) is 15.2. The maximum atomic E-state index is 10.5. The molecule has 0 bridgehead atoms. The van der Waals surface area contributed by atoms with E-state index in [-0.39, 0.29) is 5.41 Å². The standard InChI is InChI=1S/C17H21BrO2S/c1-17(2,3)16-8-7-15(21-16)14(19)10-11-9-12(20-4)5-6-13(11)18/h5-9,14,19H,10H2,1-4H3. The molecule has 1 unspecified atom stereocenters. The predicted octanol–water partition coefficient (Wildman–Crippen LogP) is 5.09. The first-order valence-corrected chi connectivity index (χ1v) is 8.53. The van der Waals surface area contributed by atoms with Crippen molar-refractivity contribution in [1.29, 1.82) is 0 Å². The van der Waals surface area contributed by atoms with Crippen LogP contribution in [0.5, 0.6) is 5.75 Å². The molecule has 114 valence electrons. The summed E-state index contributed by atoms with van der Waals surface area (Å²) < 4.78 is 6.24. The zero-order valence-electron chi connectivity index (χ0n) is 12.8. The van der Waals surface area contributed by atoms with Crippen LogP contribution in [-0.4, -0.2) is 12.2 Å². The molecule has 1 atom stereocenters. The Labute approximate surface area is 138 Å². The van der Waals surface area contributed by atoms with Gasteiger partial charge in [-0.15, -0.1) is 11.3 Å². The lowest BCUT2D eigenvalue weighted by atomic mass is 9.95. The van der Waals surface area contributed by atoms with E-state index in [2.05, 4.69) is 42.8 Å². The lowest BCUT2D eigenvalue weighted by Crippen LogP contribution is -2.08. The Kier molecular flexibility index (Phi) is 5.12. The molecule has 0 aliphatic carbocycles. The van der Waals surface area contributed by atoms with E-state index >= 15 is 0 Å². The molecule has 2 rings (SSSR count). The first kappa shape index (κ1) is 16.5. The van der Waals surface area contributed by atoms with Crippen molar-refractivity contribution >= 4 is 27.3 Å². The molecule has 1 N–H and O–H groups in total. The molecule has 0 aliphatic heterocycles. The van der Waals surface area contributed by atoms with E-state index in [1.165, 1.54) is 4.88 Å². The van der Waals surface area contributed by atoms with Crippen LogP contribution in [0.15, 0.2) is 34.8 Å². The summed E-state index contributed by atoms with van der Waals surface area (Å²) in [5.74, 6) is 0.807.